The van der Waals surface area contributed by atoms with E-state index in [9.17, 15) is 24.6 Å². The van der Waals surface area contributed by atoms with Gasteiger partial charge < -0.3 is 33.6 Å². The molecular formula is C38H45O11Si. The predicted molar refractivity (Wildman–Crippen MR) is 181 cm³/mol. The van der Waals surface area contributed by atoms with Crippen molar-refractivity contribution in [3.8, 4) is 0 Å². The van der Waals surface area contributed by atoms with Crippen LogP contribution in [0.2, 0.25) is 13.1 Å². The highest BCUT2D eigenvalue weighted by Crippen LogP contribution is 2.65. The molecule has 0 unspecified atom stereocenters. The van der Waals surface area contributed by atoms with Gasteiger partial charge in [-0.2, -0.15) is 0 Å². The summed E-state index contributed by atoms with van der Waals surface area (Å²) < 4.78 is 32.1. The van der Waals surface area contributed by atoms with E-state index in [2.05, 4.69) is 0 Å². The molecule has 1 aliphatic heterocycles. The first-order valence-electron chi connectivity index (χ1n) is 16.9. The number of Topliss-reactive ketones (excluding diaryl/α,β-unsaturated/α-hetero) is 1. The standard InChI is InChI=1S/C38H45O11Si/c1-21-25(40)19-38(49-50(6)7)32(47-33(43)23-14-10-8-11-15-23)30-36(5,31(42)29(46-22(2)39)28(21)35(38,3)4)26(41)18-27-37(30,20-45-27)48-34(44)24-16-12-9-13-17-24/h8-17,25-27,29-30,32,40-41H,18-20H2,1-7H3/t25-,26-,27+,29+,30-,32-,36+,37-,38+/m0/s1. The molecule has 1 radical (unpaired) electrons. The number of carbonyl (C=O) groups is 4. The van der Waals surface area contributed by atoms with Crippen molar-refractivity contribution in [3.63, 3.8) is 0 Å². The van der Waals surface area contributed by atoms with E-state index in [0.717, 1.165) is 0 Å². The maximum absolute atomic E-state index is 15.3. The molecule has 1 heterocycles. The zero-order valence-electron chi connectivity index (χ0n) is 29.4. The van der Waals surface area contributed by atoms with Crippen LogP contribution >= 0.6 is 0 Å². The summed E-state index contributed by atoms with van der Waals surface area (Å²) >= 11 is 0. The van der Waals surface area contributed by atoms with Gasteiger partial charge in [-0.1, -0.05) is 50.2 Å². The fraction of sp³-hybridized carbons (Fsp3) is 0.526. The van der Waals surface area contributed by atoms with Crippen LogP contribution in [0.15, 0.2) is 71.8 Å². The molecule has 9 atom stereocenters. The topological polar surface area (TPSA) is 155 Å². The van der Waals surface area contributed by atoms with Crippen LogP contribution in [-0.2, 0) is 33.0 Å². The Morgan fingerprint density at radius 2 is 1.48 bits per heavy atom. The van der Waals surface area contributed by atoms with E-state index in [0.29, 0.717) is 11.1 Å². The maximum Gasteiger partial charge on any atom is 0.338 e. The Balaban J connectivity index is 1.69. The molecule has 4 aliphatic rings. The second kappa shape index (κ2) is 12.8. The lowest BCUT2D eigenvalue weighted by Gasteiger charge is -2.68. The van der Waals surface area contributed by atoms with E-state index in [1.807, 2.05) is 26.9 Å². The van der Waals surface area contributed by atoms with Crippen molar-refractivity contribution in [3.05, 3.63) is 82.9 Å². The number of esters is 3. The largest absolute Gasteiger partial charge is 0.455 e. The van der Waals surface area contributed by atoms with Gasteiger partial charge in [0.2, 0.25) is 9.04 Å². The quantitative estimate of drug-likeness (QED) is 0.184. The summed E-state index contributed by atoms with van der Waals surface area (Å²) in [5.74, 6) is -4.13. The molecule has 2 aromatic carbocycles. The number of hydrogen-bond acceptors (Lipinski definition) is 11. The van der Waals surface area contributed by atoms with Gasteiger partial charge in [0, 0.05) is 25.2 Å². The Hall–Kier alpha value is -3.68. The van der Waals surface area contributed by atoms with Gasteiger partial charge in [-0.15, -0.1) is 0 Å². The zero-order chi connectivity index (χ0) is 36.4. The summed E-state index contributed by atoms with van der Waals surface area (Å²) in [6.07, 6.45) is -6.62. The van der Waals surface area contributed by atoms with Crippen LogP contribution in [0.3, 0.4) is 0 Å². The third kappa shape index (κ3) is 5.38. The predicted octanol–water partition coefficient (Wildman–Crippen LogP) is 4.22. The number of aliphatic hydroxyl groups excluding tert-OH is 2. The van der Waals surface area contributed by atoms with Crippen LogP contribution in [0.4, 0.5) is 0 Å². The molecule has 3 aliphatic carbocycles. The van der Waals surface area contributed by atoms with Gasteiger partial charge in [-0.25, -0.2) is 9.59 Å². The van der Waals surface area contributed by atoms with Gasteiger partial charge in [0.05, 0.1) is 41.3 Å². The molecule has 11 nitrogen and oxygen atoms in total. The number of ketones is 1. The van der Waals surface area contributed by atoms with Crippen LogP contribution in [-0.4, -0.2) is 91.3 Å². The smallest absolute Gasteiger partial charge is 0.338 e. The number of aliphatic hydroxyl groups is 2. The molecule has 0 aromatic heterocycles. The fourth-order valence-electron chi connectivity index (χ4n) is 9.01. The van der Waals surface area contributed by atoms with Gasteiger partial charge in [0.1, 0.15) is 17.8 Å². The van der Waals surface area contributed by atoms with E-state index < -0.39 is 91.2 Å². The summed E-state index contributed by atoms with van der Waals surface area (Å²) in [5, 5.41) is 24.0. The third-order valence-corrected chi connectivity index (χ3v) is 12.3. The summed E-state index contributed by atoms with van der Waals surface area (Å²) in [7, 11) is -1.70. The Morgan fingerprint density at radius 3 is 2.00 bits per heavy atom. The average molecular weight is 706 g/mol. The first kappa shape index (κ1) is 36.1. The van der Waals surface area contributed by atoms with E-state index in [1.54, 1.807) is 74.5 Å². The normalized spacial score (nSPS) is 35.8. The number of hydrogen-bond donors (Lipinski definition) is 2. The minimum atomic E-state index is -1.85. The molecule has 267 valence electrons. The molecule has 6 rings (SSSR count). The van der Waals surface area contributed by atoms with Crippen molar-refractivity contribution in [2.24, 2.45) is 16.7 Å². The van der Waals surface area contributed by atoms with Gasteiger partial charge in [0.15, 0.2) is 17.5 Å². The lowest BCUT2D eigenvalue weighted by molar-refractivity contribution is -0.339. The number of ether oxygens (including phenoxy) is 4. The first-order valence-corrected chi connectivity index (χ1v) is 19.4. The number of rotatable bonds is 7. The van der Waals surface area contributed by atoms with Gasteiger partial charge in [-0.3, -0.25) is 9.59 Å². The fourth-order valence-corrected chi connectivity index (χ4v) is 10.2. The summed E-state index contributed by atoms with van der Waals surface area (Å²) in [6.45, 7) is 11.7. The minimum Gasteiger partial charge on any atom is -0.455 e. The molecule has 2 N–H and O–H groups in total. The van der Waals surface area contributed by atoms with Crippen LogP contribution in [0.25, 0.3) is 0 Å². The SMILES string of the molecule is CC(=O)O[C@H]1C(=O)[C@@]2(C)[C@H]([C@H](OC(=O)c3ccccc3)[C@]3(O[Si](C)C)C[C@H](O)C(C)=C1C3(C)C)[C@]1(OC(=O)c3ccccc3)CO[C@@H]1C[C@@H]2O. The van der Waals surface area contributed by atoms with E-state index in [1.165, 1.54) is 6.92 Å². The molecule has 2 saturated carbocycles. The average Bonchev–Trinajstić information content (AvgIpc) is 3.06. The van der Waals surface area contributed by atoms with E-state index in [4.69, 9.17) is 23.4 Å². The summed E-state index contributed by atoms with van der Waals surface area (Å²) in [4.78, 5) is 56.3. The number of benzene rings is 2. The molecule has 12 heteroatoms. The highest BCUT2D eigenvalue weighted by atomic mass is 28.3. The van der Waals surface area contributed by atoms with Crippen molar-refractivity contribution in [1.29, 1.82) is 0 Å². The summed E-state index contributed by atoms with van der Waals surface area (Å²) in [6, 6.07) is 16.7. The Bertz CT molecular complexity index is 1710. The van der Waals surface area contributed by atoms with E-state index >= 15 is 4.79 Å². The Kier molecular flexibility index (Phi) is 9.26. The molecule has 2 bridgehead atoms. The van der Waals surface area contributed by atoms with Crippen LogP contribution in [0.1, 0.15) is 68.2 Å². The lowest BCUT2D eigenvalue weighted by atomic mass is 9.44. The second-order valence-electron chi connectivity index (χ2n) is 14.9. The van der Waals surface area contributed by atoms with Gasteiger partial charge in [-0.05, 0) is 62.4 Å². The highest BCUT2D eigenvalue weighted by molar-refractivity contribution is 6.48. The first-order chi connectivity index (χ1) is 23.5. The third-order valence-electron chi connectivity index (χ3n) is 11.5. The zero-order valence-corrected chi connectivity index (χ0v) is 30.4. The second-order valence-corrected chi connectivity index (χ2v) is 16.9. The lowest BCUT2D eigenvalue weighted by Crippen LogP contribution is -2.82. The monoisotopic (exact) mass is 705 g/mol. The molecule has 50 heavy (non-hydrogen) atoms. The van der Waals surface area contributed by atoms with Crippen LogP contribution in [0.5, 0.6) is 0 Å². The van der Waals surface area contributed by atoms with E-state index in [-0.39, 0.29) is 30.6 Å². The van der Waals surface area contributed by atoms with Crippen molar-refractivity contribution in [1.82, 2.24) is 0 Å². The molecule has 0 amide bonds. The maximum atomic E-state index is 15.3. The minimum absolute atomic E-state index is 0.0736. The highest BCUT2D eigenvalue weighted by Gasteiger charge is 2.78. The molecular weight excluding hydrogens is 660 g/mol. The van der Waals surface area contributed by atoms with Crippen molar-refractivity contribution < 1.29 is 52.8 Å². The van der Waals surface area contributed by atoms with Crippen molar-refractivity contribution in [2.45, 2.75) is 102 Å². The molecule has 1 saturated heterocycles. The van der Waals surface area contributed by atoms with Crippen LogP contribution in [0, 0.1) is 16.7 Å². The van der Waals surface area contributed by atoms with Gasteiger partial charge >= 0.3 is 17.9 Å². The Labute approximate surface area is 293 Å². The molecule has 3 fully saturated rings. The summed E-state index contributed by atoms with van der Waals surface area (Å²) in [5.41, 5.74) is -5.07. The van der Waals surface area contributed by atoms with Gasteiger partial charge in [0.25, 0.3) is 0 Å². The molecule has 0 spiro atoms. The van der Waals surface area contributed by atoms with Crippen LogP contribution < -0.4 is 0 Å². The van der Waals surface area contributed by atoms with Crippen molar-refractivity contribution in [2.75, 3.05) is 6.61 Å². The number of carbonyl (C=O) groups excluding carboxylic acids is 4. The Morgan fingerprint density at radius 1 is 0.900 bits per heavy atom. The van der Waals surface area contributed by atoms with Crippen molar-refractivity contribution >= 4 is 32.7 Å². The molecule has 2 aromatic rings. The number of fused-ring (bicyclic) bond motifs is 5.